The van der Waals surface area contributed by atoms with Crippen molar-refractivity contribution in [3.05, 3.63) is 230 Å². The molecule has 64 heavy (non-hydrogen) atoms. The molecular weight excluding hydrogens is 777 g/mol. The Hall–Kier alpha value is -8.21. The summed E-state index contributed by atoms with van der Waals surface area (Å²) in [6, 6.07) is 77.7. The Balaban J connectivity index is 1.19. The maximum atomic E-state index is 5.58. The Labute approximate surface area is 372 Å². The number of rotatable bonds is 7. The van der Waals surface area contributed by atoms with Crippen LogP contribution in [0.1, 0.15) is 25.0 Å². The molecular formula is C60H42N4. The lowest BCUT2D eigenvalue weighted by Crippen LogP contribution is -2.14. The third-order valence-electron chi connectivity index (χ3n) is 13.0. The number of hydrogen-bond donors (Lipinski definition) is 0. The maximum absolute atomic E-state index is 5.58. The molecule has 4 heteroatoms. The van der Waals surface area contributed by atoms with Crippen LogP contribution in [0, 0.1) is 0 Å². The molecule has 0 radical (unpaired) electrons. The molecule has 11 aromatic rings. The molecule has 3 heterocycles. The summed E-state index contributed by atoms with van der Waals surface area (Å²) < 4.78 is 2.50. The van der Waals surface area contributed by atoms with E-state index in [1.807, 2.05) is 24.3 Å². The van der Waals surface area contributed by atoms with Gasteiger partial charge in [0.15, 0.2) is 5.82 Å². The van der Waals surface area contributed by atoms with Crippen molar-refractivity contribution in [3.63, 3.8) is 0 Å². The molecule has 0 spiro atoms. The van der Waals surface area contributed by atoms with Crippen molar-refractivity contribution in [2.75, 3.05) is 0 Å². The van der Waals surface area contributed by atoms with Crippen molar-refractivity contribution >= 4 is 21.8 Å². The second-order valence-electron chi connectivity index (χ2n) is 17.2. The number of nitrogens with zero attached hydrogens (tertiary/aromatic N) is 4. The average Bonchev–Trinajstić information content (AvgIpc) is 3.82. The molecule has 8 aromatic carbocycles. The van der Waals surface area contributed by atoms with Gasteiger partial charge in [-0.1, -0.05) is 196 Å². The molecule has 0 saturated heterocycles. The van der Waals surface area contributed by atoms with Crippen LogP contribution in [0.4, 0.5) is 0 Å². The van der Waals surface area contributed by atoms with Crippen molar-refractivity contribution < 1.29 is 0 Å². The fourth-order valence-electron chi connectivity index (χ4n) is 9.88. The van der Waals surface area contributed by atoms with Crippen LogP contribution in [-0.4, -0.2) is 19.5 Å². The fourth-order valence-corrected chi connectivity index (χ4v) is 9.88. The molecule has 0 unspecified atom stereocenters. The van der Waals surface area contributed by atoms with Gasteiger partial charge in [0.2, 0.25) is 0 Å². The number of benzene rings is 8. The zero-order valence-corrected chi connectivity index (χ0v) is 35.6. The molecule has 1 aliphatic rings. The zero-order chi connectivity index (χ0) is 42.8. The highest BCUT2D eigenvalue weighted by Crippen LogP contribution is 2.53. The van der Waals surface area contributed by atoms with Gasteiger partial charge in [0, 0.05) is 49.6 Å². The van der Waals surface area contributed by atoms with E-state index >= 15 is 0 Å². The number of aromatic nitrogens is 4. The normalized spacial score (nSPS) is 12.7. The van der Waals surface area contributed by atoms with Crippen molar-refractivity contribution in [3.8, 4) is 84.4 Å². The van der Waals surface area contributed by atoms with Crippen molar-refractivity contribution in [1.82, 2.24) is 19.5 Å². The van der Waals surface area contributed by atoms with Gasteiger partial charge in [0.25, 0.3) is 0 Å². The first kappa shape index (κ1) is 37.5. The molecule has 0 N–H and O–H groups in total. The largest absolute Gasteiger partial charge is 0.308 e. The number of para-hydroxylation sites is 1. The Morgan fingerprint density at radius 2 is 0.922 bits per heavy atom. The van der Waals surface area contributed by atoms with Gasteiger partial charge in [-0.15, -0.1) is 0 Å². The monoisotopic (exact) mass is 818 g/mol. The molecule has 12 rings (SSSR count). The van der Waals surface area contributed by atoms with E-state index in [1.165, 1.54) is 38.5 Å². The van der Waals surface area contributed by atoms with Gasteiger partial charge in [0.05, 0.1) is 39.5 Å². The molecule has 302 valence electrons. The lowest BCUT2D eigenvalue weighted by Gasteiger charge is -2.21. The molecule has 0 atom stereocenters. The van der Waals surface area contributed by atoms with E-state index in [-0.39, 0.29) is 5.41 Å². The minimum atomic E-state index is -0.163. The summed E-state index contributed by atoms with van der Waals surface area (Å²) in [6.45, 7) is 4.71. The lowest BCUT2D eigenvalue weighted by atomic mass is 9.82. The minimum Gasteiger partial charge on any atom is -0.308 e. The van der Waals surface area contributed by atoms with Gasteiger partial charge in [0.1, 0.15) is 0 Å². The second kappa shape index (κ2) is 15.0. The van der Waals surface area contributed by atoms with E-state index in [9.17, 15) is 0 Å². The highest BCUT2D eigenvalue weighted by atomic mass is 15.0. The van der Waals surface area contributed by atoms with E-state index < -0.39 is 0 Å². The lowest BCUT2D eigenvalue weighted by molar-refractivity contribution is 0.661. The zero-order valence-electron chi connectivity index (χ0n) is 35.6. The van der Waals surface area contributed by atoms with Gasteiger partial charge >= 0.3 is 0 Å². The van der Waals surface area contributed by atoms with Crippen LogP contribution in [0.25, 0.3) is 106 Å². The van der Waals surface area contributed by atoms with E-state index in [0.717, 1.165) is 72.9 Å². The highest BCUT2D eigenvalue weighted by molar-refractivity contribution is 6.16. The predicted octanol–water partition coefficient (Wildman–Crippen LogP) is 15.3. The molecule has 0 aliphatic heterocycles. The summed E-state index contributed by atoms with van der Waals surface area (Å²) in [5.74, 6) is 0.678. The number of pyridine rings is 1. The first-order valence-electron chi connectivity index (χ1n) is 21.9. The Morgan fingerprint density at radius 3 is 1.62 bits per heavy atom. The summed E-state index contributed by atoms with van der Waals surface area (Å²) in [5.41, 5.74) is 19.2. The molecule has 1 aliphatic carbocycles. The van der Waals surface area contributed by atoms with Crippen LogP contribution < -0.4 is 0 Å². The first-order valence-corrected chi connectivity index (χ1v) is 21.9. The van der Waals surface area contributed by atoms with Crippen molar-refractivity contribution in [2.45, 2.75) is 19.3 Å². The minimum absolute atomic E-state index is 0.163. The van der Waals surface area contributed by atoms with Crippen LogP contribution in [0.2, 0.25) is 0 Å². The summed E-state index contributed by atoms with van der Waals surface area (Å²) in [5, 5.41) is 2.44. The molecule has 4 nitrogen and oxygen atoms in total. The molecule has 0 bridgehead atoms. The van der Waals surface area contributed by atoms with Gasteiger partial charge in [-0.05, 0) is 64.2 Å². The maximum Gasteiger partial charge on any atom is 0.160 e. The van der Waals surface area contributed by atoms with E-state index in [1.54, 1.807) is 0 Å². The van der Waals surface area contributed by atoms with Crippen LogP contribution in [0.5, 0.6) is 0 Å². The van der Waals surface area contributed by atoms with Crippen LogP contribution in [0.15, 0.2) is 218 Å². The molecule has 0 saturated carbocycles. The Bertz CT molecular complexity index is 3440. The fraction of sp³-hybridized carbons (Fsp3) is 0.0500. The van der Waals surface area contributed by atoms with Crippen LogP contribution >= 0.6 is 0 Å². The number of hydrogen-bond acceptors (Lipinski definition) is 3. The second-order valence-corrected chi connectivity index (χ2v) is 17.2. The quantitative estimate of drug-likeness (QED) is 0.161. The van der Waals surface area contributed by atoms with E-state index in [0.29, 0.717) is 5.82 Å². The Morgan fingerprint density at radius 1 is 0.359 bits per heavy atom. The third kappa shape index (κ3) is 6.18. The first-order chi connectivity index (χ1) is 31.5. The highest BCUT2D eigenvalue weighted by Gasteiger charge is 2.37. The molecule has 0 amide bonds. The van der Waals surface area contributed by atoms with Gasteiger partial charge in [-0.3, -0.25) is 0 Å². The smallest absolute Gasteiger partial charge is 0.160 e. The van der Waals surface area contributed by atoms with Crippen molar-refractivity contribution in [1.29, 1.82) is 0 Å². The number of fused-ring (bicyclic) bond motifs is 7. The average molecular weight is 819 g/mol. The van der Waals surface area contributed by atoms with E-state index in [2.05, 4.69) is 213 Å². The molecule has 3 aromatic heterocycles. The van der Waals surface area contributed by atoms with Crippen LogP contribution in [-0.2, 0) is 5.41 Å². The third-order valence-corrected chi connectivity index (χ3v) is 13.0. The summed E-state index contributed by atoms with van der Waals surface area (Å²) in [4.78, 5) is 16.0. The van der Waals surface area contributed by atoms with Gasteiger partial charge in [-0.2, -0.15) is 0 Å². The Kier molecular flexibility index (Phi) is 8.80. The van der Waals surface area contributed by atoms with Gasteiger partial charge in [-0.25, -0.2) is 15.0 Å². The van der Waals surface area contributed by atoms with Crippen molar-refractivity contribution in [2.24, 2.45) is 0 Å². The molecule has 0 fully saturated rings. The standard InChI is InChI=1S/C60H42N4/c1-60(2)49-29-17-15-28-47(49)57-50(60)33-32-46-45-27-16-18-30-55(45)64(58(46)57)56-34-31-43(53-38-52(41-23-11-5-12-24-41)62-59(63-53)42-25-13-6-14-26-42)35-48(56)54-37-44(39-19-7-3-8-20-39)36-51(61-54)40-21-9-4-10-22-40/h3-38H,1-2H3. The van der Waals surface area contributed by atoms with E-state index in [4.69, 9.17) is 15.0 Å². The van der Waals surface area contributed by atoms with Crippen LogP contribution in [0.3, 0.4) is 0 Å². The predicted molar refractivity (Wildman–Crippen MR) is 264 cm³/mol. The summed E-state index contributed by atoms with van der Waals surface area (Å²) >= 11 is 0. The van der Waals surface area contributed by atoms with Gasteiger partial charge < -0.3 is 4.57 Å². The summed E-state index contributed by atoms with van der Waals surface area (Å²) in [6.07, 6.45) is 0. The summed E-state index contributed by atoms with van der Waals surface area (Å²) in [7, 11) is 0. The topological polar surface area (TPSA) is 43.6 Å². The SMILES string of the molecule is CC1(C)c2ccccc2-c2c1ccc1c3ccccc3n(-c3ccc(-c4cc(-c5ccccc5)nc(-c5ccccc5)n4)cc3-c3cc(-c4ccccc4)cc(-c4ccccc4)n3)c21.